The van der Waals surface area contributed by atoms with Crippen LogP contribution in [0.5, 0.6) is 0 Å². The summed E-state index contributed by atoms with van der Waals surface area (Å²) in [6.45, 7) is 1.90. The van der Waals surface area contributed by atoms with E-state index >= 15 is 0 Å². The van der Waals surface area contributed by atoms with Crippen LogP contribution in [-0.2, 0) is 9.53 Å². The summed E-state index contributed by atoms with van der Waals surface area (Å²) in [5.74, 6) is -1.43. The van der Waals surface area contributed by atoms with Gasteiger partial charge in [0, 0.05) is 19.6 Å². The summed E-state index contributed by atoms with van der Waals surface area (Å²) in [6.07, 6.45) is -0.187. The van der Waals surface area contributed by atoms with Gasteiger partial charge in [-0.2, -0.15) is 5.26 Å². The minimum atomic E-state index is -0.896. The number of nitrogens with zero attached hydrogens (tertiary/aromatic N) is 3. The Kier molecular flexibility index (Phi) is 5.31. The zero-order valence-corrected chi connectivity index (χ0v) is 12.3. The Morgan fingerprint density at radius 3 is 3.09 bits per heavy atom. The zero-order valence-electron chi connectivity index (χ0n) is 12.3. The highest BCUT2D eigenvalue weighted by Gasteiger charge is 2.24. The summed E-state index contributed by atoms with van der Waals surface area (Å²) in [4.78, 5) is 14.3. The fraction of sp³-hybridized carbons (Fsp3) is 0.467. The summed E-state index contributed by atoms with van der Waals surface area (Å²) in [5.41, 5.74) is 0.582. The van der Waals surface area contributed by atoms with Gasteiger partial charge in [0.1, 0.15) is 17.4 Å². The highest BCUT2D eigenvalue weighted by atomic mass is 19.1. The van der Waals surface area contributed by atoms with E-state index in [0.717, 1.165) is 0 Å². The summed E-state index contributed by atoms with van der Waals surface area (Å²) >= 11 is 0. The fourth-order valence-electron chi connectivity index (χ4n) is 2.58. The van der Waals surface area contributed by atoms with Crippen molar-refractivity contribution in [1.29, 1.82) is 5.26 Å². The molecule has 0 amide bonds. The van der Waals surface area contributed by atoms with Gasteiger partial charge in [-0.15, -0.1) is 0 Å². The van der Waals surface area contributed by atoms with Crippen LogP contribution in [0.25, 0.3) is 0 Å². The molecule has 1 aromatic rings. The van der Waals surface area contributed by atoms with Gasteiger partial charge in [-0.1, -0.05) is 6.07 Å². The van der Waals surface area contributed by atoms with Crippen molar-refractivity contribution in [2.75, 3.05) is 44.7 Å². The first kappa shape index (κ1) is 16.2. The molecule has 1 aromatic carbocycles. The Hall–Kier alpha value is -2.17. The maximum atomic E-state index is 13.7. The Bertz CT molecular complexity index is 588. The molecule has 1 aliphatic heterocycles. The van der Waals surface area contributed by atoms with E-state index in [1.165, 1.54) is 6.07 Å². The molecule has 0 spiro atoms. The van der Waals surface area contributed by atoms with Gasteiger partial charge in [0.05, 0.1) is 24.9 Å². The Balaban J connectivity index is 2.07. The first-order valence-corrected chi connectivity index (χ1v) is 6.96. The van der Waals surface area contributed by atoms with Gasteiger partial charge in [-0.25, -0.2) is 4.39 Å². The van der Waals surface area contributed by atoms with Gasteiger partial charge >= 0.3 is 5.97 Å². The third-order valence-corrected chi connectivity index (χ3v) is 3.50. The number of morpholine rings is 1. The largest absolute Gasteiger partial charge is 0.480 e. The number of benzene rings is 1. The van der Waals surface area contributed by atoms with Crippen molar-refractivity contribution >= 4 is 11.7 Å². The number of ether oxygens (including phenoxy) is 1. The van der Waals surface area contributed by atoms with E-state index in [1.807, 2.05) is 11.0 Å². The number of carboxylic acids is 1. The first-order chi connectivity index (χ1) is 10.5. The number of halogens is 1. The second-order valence-corrected chi connectivity index (χ2v) is 5.28. The molecule has 118 valence electrons. The predicted molar refractivity (Wildman–Crippen MR) is 78.2 cm³/mol. The van der Waals surface area contributed by atoms with Crippen molar-refractivity contribution < 1.29 is 19.0 Å². The second kappa shape index (κ2) is 7.20. The van der Waals surface area contributed by atoms with Crippen LogP contribution < -0.4 is 4.90 Å². The van der Waals surface area contributed by atoms with Crippen LogP contribution in [-0.4, -0.2) is 61.9 Å². The average molecular weight is 307 g/mol. The molecule has 7 heteroatoms. The molecule has 1 unspecified atom stereocenters. The van der Waals surface area contributed by atoms with Crippen LogP contribution in [0.1, 0.15) is 5.56 Å². The van der Waals surface area contributed by atoms with E-state index in [1.54, 1.807) is 24.1 Å². The number of nitriles is 1. The standard InChI is InChI=1S/C15H18FN3O3/c1-18(10-15(20)21)8-11-9-19(5-6-22-11)14-4-2-3-13(16)12(14)7-17/h2-4,11H,5-6,8-10H2,1H3,(H,20,21). The molecule has 1 aliphatic rings. The van der Waals surface area contributed by atoms with Crippen LogP contribution in [0.15, 0.2) is 18.2 Å². The maximum Gasteiger partial charge on any atom is 0.317 e. The van der Waals surface area contributed by atoms with Crippen molar-refractivity contribution in [1.82, 2.24) is 4.90 Å². The summed E-state index contributed by atoms with van der Waals surface area (Å²) in [7, 11) is 1.71. The zero-order chi connectivity index (χ0) is 16.1. The monoisotopic (exact) mass is 307 g/mol. The van der Waals surface area contributed by atoms with Crippen molar-refractivity contribution in [2.24, 2.45) is 0 Å². The topological polar surface area (TPSA) is 76.8 Å². The Morgan fingerprint density at radius 1 is 1.64 bits per heavy atom. The van der Waals surface area contributed by atoms with Crippen LogP contribution in [0.4, 0.5) is 10.1 Å². The molecule has 0 saturated carbocycles. The van der Waals surface area contributed by atoms with Gasteiger partial charge in [0.15, 0.2) is 0 Å². The van der Waals surface area contributed by atoms with Crippen LogP contribution in [0.2, 0.25) is 0 Å². The minimum Gasteiger partial charge on any atom is -0.480 e. The molecular weight excluding hydrogens is 289 g/mol. The molecular formula is C15H18FN3O3. The quantitative estimate of drug-likeness (QED) is 0.871. The number of rotatable bonds is 5. The molecule has 1 fully saturated rings. The molecule has 22 heavy (non-hydrogen) atoms. The van der Waals surface area contributed by atoms with Crippen molar-refractivity contribution in [3.05, 3.63) is 29.6 Å². The van der Waals surface area contributed by atoms with E-state index < -0.39 is 11.8 Å². The van der Waals surface area contributed by atoms with Gasteiger partial charge < -0.3 is 14.7 Å². The number of hydrogen-bond acceptors (Lipinski definition) is 5. The average Bonchev–Trinajstić information content (AvgIpc) is 2.46. The Labute approximate surface area is 128 Å². The van der Waals surface area contributed by atoms with E-state index in [9.17, 15) is 9.18 Å². The number of anilines is 1. The molecule has 0 bridgehead atoms. The molecule has 0 aromatic heterocycles. The van der Waals surface area contributed by atoms with Crippen LogP contribution >= 0.6 is 0 Å². The molecule has 1 atom stereocenters. The lowest BCUT2D eigenvalue weighted by Crippen LogP contribution is -2.48. The number of hydrogen-bond donors (Lipinski definition) is 1. The minimum absolute atomic E-state index is 0.0297. The number of carbonyl (C=O) groups is 1. The van der Waals surface area contributed by atoms with E-state index in [4.69, 9.17) is 15.1 Å². The molecule has 1 saturated heterocycles. The molecule has 0 radical (unpaired) electrons. The van der Waals surface area contributed by atoms with E-state index in [2.05, 4.69) is 0 Å². The van der Waals surface area contributed by atoms with Gasteiger partial charge in [0.2, 0.25) is 0 Å². The smallest absolute Gasteiger partial charge is 0.317 e. The van der Waals surface area contributed by atoms with Gasteiger partial charge in [-0.05, 0) is 19.2 Å². The van der Waals surface area contributed by atoms with E-state index in [0.29, 0.717) is 31.9 Å². The van der Waals surface area contributed by atoms with Crippen molar-refractivity contribution in [3.63, 3.8) is 0 Å². The lowest BCUT2D eigenvalue weighted by molar-refractivity contribution is -0.138. The lowest BCUT2D eigenvalue weighted by atomic mass is 10.1. The van der Waals surface area contributed by atoms with Crippen LogP contribution in [0, 0.1) is 17.1 Å². The second-order valence-electron chi connectivity index (χ2n) is 5.28. The normalized spacial score (nSPS) is 18.3. The molecule has 6 nitrogen and oxygen atoms in total. The van der Waals surface area contributed by atoms with Crippen molar-refractivity contribution in [2.45, 2.75) is 6.10 Å². The summed E-state index contributed by atoms with van der Waals surface area (Å²) in [6, 6.07) is 6.45. The predicted octanol–water partition coefficient (Wildman–Crippen LogP) is 0.919. The molecule has 2 rings (SSSR count). The molecule has 1 N–H and O–H groups in total. The first-order valence-electron chi connectivity index (χ1n) is 6.96. The highest BCUT2D eigenvalue weighted by Crippen LogP contribution is 2.24. The molecule has 1 heterocycles. The number of likely N-dealkylation sites (N-methyl/N-ethyl adjacent to an activating group) is 1. The SMILES string of the molecule is CN(CC(=O)O)CC1CN(c2cccc(F)c2C#N)CCO1. The number of carboxylic acid groups (broad SMARTS) is 1. The third-order valence-electron chi connectivity index (χ3n) is 3.50. The maximum absolute atomic E-state index is 13.7. The van der Waals surface area contributed by atoms with Crippen LogP contribution in [0.3, 0.4) is 0 Å². The van der Waals surface area contributed by atoms with E-state index in [-0.39, 0.29) is 18.2 Å². The van der Waals surface area contributed by atoms with Gasteiger partial charge in [-0.3, -0.25) is 9.69 Å². The summed E-state index contributed by atoms with van der Waals surface area (Å²) < 4.78 is 19.3. The Morgan fingerprint density at radius 2 is 2.41 bits per heavy atom. The summed E-state index contributed by atoms with van der Waals surface area (Å²) in [5, 5.41) is 17.9. The van der Waals surface area contributed by atoms with Crippen molar-refractivity contribution in [3.8, 4) is 6.07 Å². The van der Waals surface area contributed by atoms with Gasteiger partial charge in [0.25, 0.3) is 0 Å². The number of aliphatic carboxylic acids is 1. The lowest BCUT2D eigenvalue weighted by Gasteiger charge is -2.36. The third kappa shape index (κ3) is 3.93. The molecule has 0 aliphatic carbocycles. The fourth-order valence-corrected chi connectivity index (χ4v) is 2.58. The highest BCUT2D eigenvalue weighted by molar-refractivity contribution is 5.69.